The molecule has 0 saturated carbocycles. The van der Waals surface area contributed by atoms with Crippen LogP contribution in [0.4, 0.5) is 0 Å². The van der Waals surface area contributed by atoms with E-state index in [0.717, 1.165) is 0 Å². The highest BCUT2D eigenvalue weighted by Gasteiger charge is 1.93. The molecule has 0 atom stereocenters. The van der Waals surface area contributed by atoms with Gasteiger partial charge < -0.3 is 0 Å². The lowest BCUT2D eigenvalue weighted by Gasteiger charge is -1.99. The number of nitriles is 1. The highest BCUT2D eigenvalue weighted by molar-refractivity contribution is 4.84. The highest BCUT2D eigenvalue weighted by Crippen LogP contribution is 1.88. The van der Waals surface area contributed by atoms with Crippen molar-refractivity contribution in [1.82, 2.24) is 9.78 Å². The fourth-order valence-electron chi connectivity index (χ4n) is 0.863. The summed E-state index contributed by atoms with van der Waals surface area (Å²) in [4.78, 5) is 11.0. The number of hydrogen-bond acceptors (Lipinski definition) is 3. The Kier molecular flexibility index (Phi) is 3.03. The molecule has 0 spiro atoms. The van der Waals surface area contributed by atoms with Crippen LogP contribution < -0.4 is 5.56 Å². The standard InChI is InChI=1S/C8H9N3O/c9-5-1-2-7-11-8(12)4-3-6-10-11/h3-4,6H,1-2,7H2. The van der Waals surface area contributed by atoms with Gasteiger partial charge >= 0.3 is 0 Å². The predicted molar refractivity (Wildman–Crippen MR) is 43.3 cm³/mol. The van der Waals surface area contributed by atoms with Crippen LogP contribution in [0.1, 0.15) is 12.8 Å². The van der Waals surface area contributed by atoms with Crippen LogP contribution in [0.25, 0.3) is 0 Å². The van der Waals surface area contributed by atoms with E-state index in [9.17, 15) is 4.79 Å². The second kappa shape index (κ2) is 4.29. The number of hydrogen-bond donors (Lipinski definition) is 0. The lowest BCUT2D eigenvalue weighted by Crippen LogP contribution is -2.20. The fourth-order valence-corrected chi connectivity index (χ4v) is 0.863. The summed E-state index contributed by atoms with van der Waals surface area (Å²) in [5.74, 6) is 0. The van der Waals surface area contributed by atoms with Crippen molar-refractivity contribution in [1.29, 1.82) is 5.26 Å². The molecular weight excluding hydrogens is 154 g/mol. The van der Waals surface area contributed by atoms with E-state index in [1.54, 1.807) is 12.3 Å². The third-order valence-corrected chi connectivity index (χ3v) is 1.44. The van der Waals surface area contributed by atoms with Gasteiger partial charge in [-0.3, -0.25) is 4.79 Å². The fraction of sp³-hybridized carbons (Fsp3) is 0.375. The third kappa shape index (κ3) is 2.20. The van der Waals surface area contributed by atoms with Crippen molar-refractivity contribution in [3.8, 4) is 6.07 Å². The first-order chi connectivity index (χ1) is 5.84. The SMILES string of the molecule is N#CCCCn1ncccc1=O. The summed E-state index contributed by atoms with van der Waals surface area (Å²) >= 11 is 0. The molecule has 0 aliphatic rings. The van der Waals surface area contributed by atoms with Gasteiger partial charge in [0.25, 0.3) is 5.56 Å². The summed E-state index contributed by atoms with van der Waals surface area (Å²) in [6.45, 7) is 0.521. The lowest BCUT2D eigenvalue weighted by atomic mass is 10.3. The van der Waals surface area contributed by atoms with Crippen molar-refractivity contribution in [2.45, 2.75) is 19.4 Å². The van der Waals surface area contributed by atoms with E-state index in [0.29, 0.717) is 19.4 Å². The van der Waals surface area contributed by atoms with Crippen LogP contribution in [0.3, 0.4) is 0 Å². The molecule has 12 heavy (non-hydrogen) atoms. The van der Waals surface area contributed by atoms with Crippen molar-refractivity contribution in [2.75, 3.05) is 0 Å². The first-order valence-corrected chi connectivity index (χ1v) is 3.73. The van der Waals surface area contributed by atoms with Gasteiger partial charge in [0.2, 0.25) is 0 Å². The average Bonchev–Trinajstić information content (AvgIpc) is 2.09. The maximum absolute atomic E-state index is 11.0. The largest absolute Gasteiger partial charge is 0.268 e. The minimum atomic E-state index is -0.115. The summed E-state index contributed by atoms with van der Waals surface area (Å²) < 4.78 is 1.36. The molecule has 4 heteroatoms. The second-order valence-corrected chi connectivity index (χ2v) is 2.35. The molecule has 62 valence electrons. The van der Waals surface area contributed by atoms with Crippen molar-refractivity contribution < 1.29 is 0 Å². The molecule has 0 aromatic carbocycles. The summed E-state index contributed by atoms with van der Waals surface area (Å²) in [6.07, 6.45) is 2.70. The van der Waals surface area contributed by atoms with Gasteiger partial charge in [0.1, 0.15) is 0 Å². The van der Waals surface area contributed by atoms with Crippen LogP contribution in [-0.2, 0) is 6.54 Å². The van der Waals surface area contributed by atoms with Gasteiger partial charge in [-0.25, -0.2) is 4.68 Å². The van der Waals surface area contributed by atoms with Gasteiger partial charge in [0.15, 0.2) is 0 Å². The molecular formula is C8H9N3O. The molecule has 0 aliphatic heterocycles. The van der Waals surface area contributed by atoms with Gasteiger partial charge in [-0.05, 0) is 12.5 Å². The van der Waals surface area contributed by atoms with E-state index in [-0.39, 0.29) is 5.56 Å². The molecule has 0 aliphatic carbocycles. The Bertz CT molecular complexity index is 337. The summed E-state index contributed by atoms with van der Waals surface area (Å²) in [5.41, 5.74) is -0.115. The Morgan fingerprint density at radius 3 is 3.17 bits per heavy atom. The molecule has 0 N–H and O–H groups in total. The van der Waals surface area contributed by atoms with E-state index < -0.39 is 0 Å². The minimum Gasteiger partial charge on any atom is -0.268 e. The predicted octanol–water partition coefficient (Wildman–Crippen LogP) is 0.547. The number of rotatable bonds is 3. The maximum Gasteiger partial charge on any atom is 0.266 e. The van der Waals surface area contributed by atoms with Crippen LogP contribution in [0.2, 0.25) is 0 Å². The molecule has 1 heterocycles. The Labute approximate surface area is 70.1 Å². The zero-order chi connectivity index (χ0) is 8.81. The summed E-state index contributed by atoms with van der Waals surface area (Å²) in [6, 6.07) is 5.07. The molecule has 0 bridgehead atoms. The first-order valence-electron chi connectivity index (χ1n) is 3.73. The molecule has 1 aromatic heterocycles. The Morgan fingerprint density at radius 2 is 2.50 bits per heavy atom. The topological polar surface area (TPSA) is 58.7 Å². The van der Waals surface area contributed by atoms with Crippen LogP contribution >= 0.6 is 0 Å². The summed E-state index contributed by atoms with van der Waals surface area (Å²) in [7, 11) is 0. The van der Waals surface area contributed by atoms with E-state index in [1.807, 2.05) is 6.07 Å². The third-order valence-electron chi connectivity index (χ3n) is 1.44. The lowest BCUT2D eigenvalue weighted by molar-refractivity contribution is 0.554. The first kappa shape index (κ1) is 8.47. The van der Waals surface area contributed by atoms with Crippen molar-refractivity contribution >= 4 is 0 Å². The van der Waals surface area contributed by atoms with Crippen LogP contribution in [-0.4, -0.2) is 9.78 Å². The highest BCUT2D eigenvalue weighted by atomic mass is 16.1. The van der Waals surface area contributed by atoms with Crippen LogP contribution in [0, 0.1) is 11.3 Å². The van der Waals surface area contributed by atoms with E-state index in [4.69, 9.17) is 5.26 Å². The van der Waals surface area contributed by atoms with Crippen molar-refractivity contribution in [3.05, 3.63) is 28.7 Å². The average molecular weight is 163 g/mol. The molecule has 4 nitrogen and oxygen atoms in total. The number of aryl methyl sites for hydroxylation is 1. The van der Waals surface area contributed by atoms with Gasteiger partial charge in [0, 0.05) is 25.2 Å². The van der Waals surface area contributed by atoms with Crippen LogP contribution in [0.5, 0.6) is 0 Å². The molecule has 0 saturated heterocycles. The Hall–Kier alpha value is -1.63. The van der Waals surface area contributed by atoms with Crippen molar-refractivity contribution in [3.63, 3.8) is 0 Å². The van der Waals surface area contributed by atoms with E-state index in [2.05, 4.69) is 5.10 Å². The quantitative estimate of drug-likeness (QED) is 0.611. The van der Waals surface area contributed by atoms with Crippen molar-refractivity contribution in [2.24, 2.45) is 0 Å². The summed E-state index contributed by atoms with van der Waals surface area (Å²) in [5, 5.41) is 12.1. The zero-order valence-corrected chi connectivity index (χ0v) is 6.60. The monoisotopic (exact) mass is 163 g/mol. The zero-order valence-electron chi connectivity index (χ0n) is 6.60. The molecule has 0 fully saturated rings. The maximum atomic E-state index is 11.0. The number of unbranched alkanes of at least 4 members (excludes halogenated alkanes) is 1. The Balaban J connectivity index is 2.59. The van der Waals surface area contributed by atoms with Gasteiger partial charge in [-0.1, -0.05) is 0 Å². The van der Waals surface area contributed by atoms with Gasteiger partial charge in [0.05, 0.1) is 6.07 Å². The molecule has 1 aromatic rings. The number of aromatic nitrogens is 2. The van der Waals surface area contributed by atoms with Gasteiger partial charge in [-0.2, -0.15) is 10.4 Å². The minimum absolute atomic E-state index is 0.115. The molecule has 1 rings (SSSR count). The molecule has 0 radical (unpaired) electrons. The number of nitrogens with zero attached hydrogens (tertiary/aromatic N) is 3. The normalized spacial score (nSPS) is 9.25. The van der Waals surface area contributed by atoms with Crippen LogP contribution in [0.15, 0.2) is 23.1 Å². The smallest absolute Gasteiger partial charge is 0.266 e. The molecule has 0 amide bonds. The van der Waals surface area contributed by atoms with E-state index >= 15 is 0 Å². The second-order valence-electron chi connectivity index (χ2n) is 2.35. The van der Waals surface area contributed by atoms with E-state index in [1.165, 1.54) is 10.7 Å². The Morgan fingerprint density at radius 1 is 1.67 bits per heavy atom. The van der Waals surface area contributed by atoms with Gasteiger partial charge in [-0.15, -0.1) is 0 Å². The molecule has 0 unspecified atom stereocenters.